The monoisotopic (exact) mass is 477 g/mol. The molecule has 2 aromatic heterocycles. The zero-order chi connectivity index (χ0) is 24.2. The van der Waals surface area contributed by atoms with Crippen LogP contribution in [0.3, 0.4) is 0 Å². The van der Waals surface area contributed by atoms with Gasteiger partial charge in [0.2, 0.25) is 0 Å². The third-order valence-electron chi connectivity index (χ3n) is 9.33. The molecule has 4 heterocycles. The second kappa shape index (κ2) is 8.59. The molecule has 3 fully saturated rings. The van der Waals surface area contributed by atoms with Gasteiger partial charge in [-0.2, -0.15) is 5.10 Å². The van der Waals surface area contributed by atoms with Gasteiger partial charge in [0.05, 0.1) is 30.2 Å². The average molecular weight is 478 g/mol. The molecule has 0 unspecified atom stereocenters. The predicted octanol–water partition coefficient (Wildman–Crippen LogP) is 3.53. The van der Waals surface area contributed by atoms with Crippen LogP contribution in [0.2, 0.25) is 0 Å². The number of fused-ring (bicyclic) bond motifs is 3. The van der Waals surface area contributed by atoms with Crippen molar-refractivity contribution in [2.24, 2.45) is 5.41 Å². The second-order valence-electron chi connectivity index (χ2n) is 11.3. The van der Waals surface area contributed by atoms with Crippen molar-refractivity contribution in [1.82, 2.24) is 19.7 Å². The van der Waals surface area contributed by atoms with E-state index in [1.165, 1.54) is 49.6 Å². The summed E-state index contributed by atoms with van der Waals surface area (Å²) in [6.45, 7) is 11.0. The number of aromatic nitrogens is 3. The van der Waals surface area contributed by atoms with Crippen molar-refractivity contribution in [2.75, 3.05) is 50.1 Å². The fourth-order valence-corrected chi connectivity index (χ4v) is 7.55. The van der Waals surface area contributed by atoms with E-state index in [1.54, 1.807) is 0 Å². The minimum Gasteiger partial charge on any atom is -0.379 e. The molecule has 8 nitrogen and oxygen atoms in total. The molecule has 6 rings (SSSR count). The van der Waals surface area contributed by atoms with Gasteiger partial charge >= 0.3 is 0 Å². The Morgan fingerprint density at radius 1 is 1.14 bits per heavy atom. The van der Waals surface area contributed by atoms with Crippen LogP contribution in [0, 0.1) is 24.7 Å². The van der Waals surface area contributed by atoms with E-state index in [-0.39, 0.29) is 0 Å². The molecule has 0 radical (unpaired) electrons. The highest BCUT2D eigenvalue weighted by atomic mass is 16.5. The van der Waals surface area contributed by atoms with Gasteiger partial charge in [0, 0.05) is 74.9 Å². The molecule has 0 aromatic carbocycles. The van der Waals surface area contributed by atoms with Crippen LogP contribution in [0.4, 0.5) is 11.5 Å². The molecule has 188 valence electrons. The average Bonchev–Trinajstić information content (AvgIpc) is 3.54. The molecule has 2 bridgehead atoms. The lowest BCUT2D eigenvalue weighted by atomic mass is 9.83. The summed E-state index contributed by atoms with van der Waals surface area (Å²) in [6, 6.07) is 2.12. The first-order valence-electron chi connectivity index (χ1n) is 13.3. The highest BCUT2D eigenvalue weighted by Crippen LogP contribution is 2.59. The normalized spacial score (nSPS) is 28.4. The van der Waals surface area contributed by atoms with Crippen molar-refractivity contribution < 1.29 is 4.74 Å². The van der Waals surface area contributed by atoms with Gasteiger partial charge < -0.3 is 20.4 Å². The van der Waals surface area contributed by atoms with Crippen molar-refractivity contribution >= 4 is 17.7 Å². The number of rotatable bonds is 6. The van der Waals surface area contributed by atoms with E-state index < -0.39 is 0 Å². The number of anilines is 2. The highest BCUT2D eigenvalue weighted by Gasteiger charge is 2.57. The lowest BCUT2D eigenvalue weighted by molar-refractivity contribution is -0.0193. The van der Waals surface area contributed by atoms with Gasteiger partial charge in [-0.15, -0.1) is 0 Å². The van der Waals surface area contributed by atoms with Crippen molar-refractivity contribution in [3.05, 3.63) is 34.3 Å². The number of ether oxygens (including phenoxy) is 1. The standard InChI is InChI=1S/C27H39N7O/c1-19-14-24(21(15-28)25(29-3)30-19)32-9-4-23-22(16-32)20(2)31-34(23)18-26-5-7-27(17-26,8-6-26)33-10-12-35-13-11-33/h14-15,28H,4-13,16-18H2,1-3H3,(H,29,30). The number of nitrogens with one attached hydrogen (secondary N) is 2. The van der Waals surface area contributed by atoms with Crippen LogP contribution in [0.25, 0.3) is 0 Å². The SMILES string of the molecule is CNc1nc(C)cc(N2CCc3c(c(C)nn3CC34CCC(N5CCOCC5)(CC3)C4)C2)c1C=N. The Kier molecular flexibility index (Phi) is 5.64. The first kappa shape index (κ1) is 23.0. The largest absolute Gasteiger partial charge is 0.379 e. The predicted molar refractivity (Wildman–Crippen MR) is 139 cm³/mol. The summed E-state index contributed by atoms with van der Waals surface area (Å²) in [5, 5.41) is 16.3. The molecule has 2 N–H and O–H groups in total. The maximum absolute atomic E-state index is 8.01. The Morgan fingerprint density at radius 3 is 2.63 bits per heavy atom. The van der Waals surface area contributed by atoms with Crippen LogP contribution in [-0.2, 0) is 24.2 Å². The molecule has 35 heavy (non-hydrogen) atoms. The molecule has 2 aliphatic carbocycles. The molecule has 2 aromatic rings. The van der Waals surface area contributed by atoms with Gasteiger partial charge in [-0.3, -0.25) is 9.58 Å². The lowest BCUT2D eigenvalue weighted by Crippen LogP contribution is -2.51. The lowest BCUT2D eigenvalue weighted by Gasteiger charge is -2.42. The van der Waals surface area contributed by atoms with Gasteiger partial charge in [-0.25, -0.2) is 4.98 Å². The van der Waals surface area contributed by atoms with Crippen molar-refractivity contribution in [3.8, 4) is 0 Å². The quantitative estimate of drug-likeness (QED) is 0.620. The Bertz CT molecular complexity index is 1130. The molecular formula is C27H39N7O. The minimum atomic E-state index is 0.402. The number of nitrogens with zero attached hydrogens (tertiary/aromatic N) is 5. The second-order valence-corrected chi connectivity index (χ2v) is 11.3. The summed E-state index contributed by atoms with van der Waals surface area (Å²) in [6.07, 6.45) is 9.08. The fraction of sp³-hybridized carbons (Fsp3) is 0.667. The Labute approximate surface area is 208 Å². The van der Waals surface area contributed by atoms with Crippen LogP contribution in [0.15, 0.2) is 6.07 Å². The van der Waals surface area contributed by atoms with Crippen LogP contribution in [0.1, 0.15) is 60.3 Å². The number of hydrogen-bond donors (Lipinski definition) is 2. The topological polar surface area (TPSA) is 82.3 Å². The molecule has 0 atom stereocenters. The van der Waals surface area contributed by atoms with Gasteiger partial charge in [0.15, 0.2) is 0 Å². The molecule has 8 heteroatoms. The van der Waals surface area contributed by atoms with E-state index >= 15 is 0 Å². The van der Waals surface area contributed by atoms with Crippen LogP contribution >= 0.6 is 0 Å². The number of aryl methyl sites for hydroxylation is 2. The molecule has 0 spiro atoms. The Hall–Kier alpha value is -2.45. The number of hydrogen-bond acceptors (Lipinski definition) is 7. The smallest absolute Gasteiger partial charge is 0.136 e. The first-order chi connectivity index (χ1) is 17.0. The summed E-state index contributed by atoms with van der Waals surface area (Å²) < 4.78 is 8.03. The summed E-state index contributed by atoms with van der Waals surface area (Å²) in [4.78, 5) is 9.75. The summed E-state index contributed by atoms with van der Waals surface area (Å²) in [7, 11) is 1.88. The van der Waals surface area contributed by atoms with Crippen molar-refractivity contribution in [1.29, 1.82) is 5.41 Å². The molecule has 2 aliphatic heterocycles. The minimum absolute atomic E-state index is 0.402. The zero-order valence-corrected chi connectivity index (χ0v) is 21.5. The van der Waals surface area contributed by atoms with E-state index in [0.29, 0.717) is 11.0 Å². The van der Waals surface area contributed by atoms with Crippen LogP contribution in [-0.4, -0.2) is 71.3 Å². The Morgan fingerprint density at radius 2 is 1.91 bits per heavy atom. The van der Waals surface area contributed by atoms with Gasteiger partial charge in [0.25, 0.3) is 0 Å². The van der Waals surface area contributed by atoms with E-state index in [2.05, 4.69) is 37.8 Å². The number of pyridine rings is 1. The van der Waals surface area contributed by atoms with Crippen LogP contribution in [0.5, 0.6) is 0 Å². The van der Waals surface area contributed by atoms with E-state index in [1.807, 2.05) is 14.0 Å². The van der Waals surface area contributed by atoms with Crippen LogP contribution < -0.4 is 10.2 Å². The molecule has 2 saturated carbocycles. The molecule has 4 aliphatic rings. The van der Waals surface area contributed by atoms with Gasteiger partial charge in [-0.1, -0.05) is 0 Å². The summed E-state index contributed by atoms with van der Waals surface area (Å²) in [5.74, 6) is 0.776. The number of morpholine rings is 1. The fourth-order valence-electron chi connectivity index (χ4n) is 7.55. The van der Waals surface area contributed by atoms with Crippen molar-refractivity contribution in [2.45, 2.75) is 71.0 Å². The van der Waals surface area contributed by atoms with Crippen molar-refractivity contribution in [3.63, 3.8) is 0 Å². The summed E-state index contributed by atoms with van der Waals surface area (Å²) in [5.41, 5.74) is 7.71. The molecule has 1 saturated heterocycles. The van der Waals surface area contributed by atoms with E-state index in [9.17, 15) is 0 Å². The van der Waals surface area contributed by atoms with E-state index in [0.717, 1.165) is 80.8 Å². The zero-order valence-electron chi connectivity index (χ0n) is 21.5. The molecular weight excluding hydrogens is 438 g/mol. The summed E-state index contributed by atoms with van der Waals surface area (Å²) >= 11 is 0. The maximum atomic E-state index is 8.01. The van der Waals surface area contributed by atoms with E-state index in [4.69, 9.17) is 15.2 Å². The van der Waals surface area contributed by atoms with Gasteiger partial charge in [0.1, 0.15) is 5.82 Å². The van der Waals surface area contributed by atoms with Gasteiger partial charge in [-0.05, 0) is 57.4 Å². The maximum Gasteiger partial charge on any atom is 0.136 e. The first-order valence-corrected chi connectivity index (χ1v) is 13.3. The molecule has 0 amide bonds. The third-order valence-corrected chi connectivity index (χ3v) is 9.33. The highest BCUT2D eigenvalue weighted by molar-refractivity contribution is 5.92. The Balaban J connectivity index is 1.23. The third kappa shape index (κ3) is 3.76.